The fourth-order valence-corrected chi connectivity index (χ4v) is 4.85. The van der Waals surface area contributed by atoms with Crippen LogP contribution in [0.4, 0.5) is 26.3 Å². The summed E-state index contributed by atoms with van der Waals surface area (Å²) in [7, 11) is 0. The van der Waals surface area contributed by atoms with E-state index in [0.717, 1.165) is 33.6 Å². The van der Waals surface area contributed by atoms with Crippen LogP contribution in [0, 0.1) is 0 Å². The number of rotatable bonds is 2. The van der Waals surface area contributed by atoms with Gasteiger partial charge in [0.05, 0.1) is 38.7 Å². The SMILES string of the molecule is O=c1[nH]n(-c2cccc(C(F)(F)F)c2)c(=O)c2ccccc12.O=c1c2ccccc2c(Br)nn1-c1cccc(C(F)(F)F)c1. The predicted octanol–water partition coefficient (Wildman–Crippen LogP) is 6.86. The van der Waals surface area contributed by atoms with Crippen LogP contribution in [-0.4, -0.2) is 19.6 Å². The first-order valence-electron chi connectivity index (χ1n) is 12.5. The van der Waals surface area contributed by atoms with Crippen molar-refractivity contribution >= 4 is 37.5 Å². The standard InChI is InChI=1S/C15H8BrF3N2O.C15H9F3N2O2/c16-13-11-6-1-2-7-12(11)14(22)21(20-13)10-5-3-4-9(8-10)15(17,18)19;16-15(17,18)9-4-3-5-10(8-9)20-14(22)12-7-2-1-6-11(12)13(21)19-20/h1-8H;1-8H,(H,19,21). The molecule has 44 heavy (non-hydrogen) atoms. The molecule has 6 aromatic rings. The van der Waals surface area contributed by atoms with Gasteiger partial charge in [0.2, 0.25) is 0 Å². The molecule has 0 fully saturated rings. The first-order chi connectivity index (χ1) is 20.8. The predicted molar refractivity (Wildman–Crippen MR) is 155 cm³/mol. The maximum atomic E-state index is 12.8. The zero-order valence-corrected chi connectivity index (χ0v) is 23.5. The van der Waals surface area contributed by atoms with Gasteiger partial charge in [0.15, 0.2) is 0 Å². The molecule has 1 N–H and O–H groups in total. The van der Waals surface area contributed by atoms with E-state index >= 15 is 0 Å². The van der Waals surface area contributed by atoms with Crippen molar-refractivity contribution in [3.63, 3.8) is 0 Å². The number of halogens is 7. The third kappa shape index (κ3) is 6.06. The molecule has 2 heterocycles. The summed E-state index contributed by atoms with van der Waals surface area (Å²) in [6.45, 7) is 0. The molecule has 0 aliphatic rings. The summed E-state index contributed by atoms with van der Waals surface area (Å²) in [6.07, 6.45) is -9.01. The molecule has 0 saturated carbocycles. The third-order valence-electron chi connectivity index (χ3n) is 6.43. The minimum atomic E-state index is -4.53. The number of H-pyrrole nitrogens is 1. The van der Waals surface area contributed by atoms with Crippen molar-refractivity contribution < 1.29 is 26.3 Å². The molecule has 0 aliphatic heterocycles. The van der Waals surface area contributed by atoms with Crippen molar-refractivity contribution in [2.75, 3.05) is 0 Å². The molecule has 0 unspecified atom stereocenters. The quantitative estimate of drug-likeness (QED) is 0.203. The Morgan fingerprint density at radius 1 is 0.591 bits per heavy atom. The van der Waals surface area contributed by atoms with Crippen LogP contribution in [0.5, 0.6) is 0 Å². The molecule has 0 amide bonds. The number of nitrogens with zero attached hydrogens (tertiary/aromatic N) is 3. The van der Waals surface area contributed by atoms with Gasteiger partial charge in [0.1, 0.15) is 4.60 Å². The monoisotopic (exact) mass is 674 g/mol. The van der Waals surface area contributed by atoms with Crippen LogP contribution >= 0.6 is 15.9 Å². The summed E-state index contributed by atoms with van der Waals surface area (Å²) in [5, 5.41) is 7.66. The number of hydrogen-bond donors (Lipinski definition) is 1. The van der Waals surface area contributed by atoms with Gasteiger partial charge >= 0.3 is 12.4 Å². The highest BCUT2D eigenvalue weighted by Gasteiger charge is 2.31. The van der Waals surface area contributed by atoms with Crippen LogP contribution in [0.2, 0.25) is 0 Å². The van der Waals surface area contributed by atoms with Gasteiger partial charge in [-0.1, -0.05) is 42.5 Å². The minimum absolute atomic E-state index is 0.0531. The van der Waals surface area contributed by atoms with Crippen molar-refractivity contribution in [3.8, 4) is 11.4 Å². The van der Waals surface area contributed by atoms with Crippen LogP contribution in [0.15, 0.2) is 116 Å². The second-order valence-electron chi connectivity index (χ2n) is 9.28. The van der Waals surface area contributed by atoms with Crippen molar-refractivity contribution in [3.05, 3.63) is 144 Å². The third-order valence-corrected chi connectivity index (χ3v) is 7.01. The number of alkyl halides is 6. The molecule has 0 radical (unpaired) electrons. The summed E-state index contributed by atoms with van der Waals surface area (Å²) in [5.41, 5.74) is -3.33. The van der Waals surface area contributed by atoms with E-state index < -0.39 is 40.2 Å². The Labute approximate surface area is 250 Å². The molecule has 7 nitrogen and oxygen atoms in total. The fourth-order valence-electron chi connectivity index (χ4n) is 4.34. The van der Waals surface area contributed by atoms with E-state index in [2.05, 4.69) is 26.1 Å². The first kappa shape index (κ1) is 30.5. The van der Waals surface area contributed by atoms with Crippen LogP contribution in [0.25, 0.3) is 32.9 Å². The molecule has 4 aromatic carbocycles. The zero-order valence-electron chi connectivity index (χ0n) is 21.9. The lowest BCUT2D eigenvalue weighted by molar-refractivity contribution is -0.138. The largest absolute Gasteiger partial charge is 0.416 e. The maximum absolute atomic E-state index is 12.8. The van der Waals surface area contributed by atoms with E-state index in [0.29, 0.717) is 15.4 Å². The highest BCUT2D eigenvalue weighted by Crippen LogP contribution is 2.31. The van der Waals surface area contributed by atoms with Crippen LogP contribution in [-0.2, 0) is 12.4 Å². The second kappa shape index (κ2) is 11.6. The van der Waals surface area contributed by atoms with Gasteiger partial charge in [-0.05, 0) is 70.5 Å². The Bertz CT molecular complexity index is 2200. The summed E-state index contributed by atoms with van der Waals surface area (Å²) in [5.74, 6) is 0. The van der Waals surface area contributed by atoms with Gasteiger partial charge in [-0.25, -0.2) is 4.68 Å². The lowest BCUT2D eigenvalue weighted by Gasteiger charge is -2.11. The number of hydrogen-bond acceptors (Lipinski definition) is 4. The fraction of sp³-hybridized carbons (Fsp3) is 0.0667. The van der Waals surface area contributed by atoms with E-state index in [4.69, 9.17) is 0 Å². The Morgan fingerprint density at radius 3 is 1.64 bits per heavy atom. The van der Waals surface area contributed by atoms with Gasteiger partial charge in [0.25, 0.3) is 16.7 Å². The summed E-state index contributed by atoms with van der Waals surface area (Å²) < 4.78 is 78.8. The summed E-state index contributed by atoms with van der Waals surface area (Å²) in [4.78, 5) is 36.8. The smallest absolute Gasteiger partial charge is 0.267 e. The van der Waals surface area contributed by atoms with E-state index in [1.165, 1.54) is 36.4 Å². The molecule has 224 valence electrons. The molecular weight excluding hydrogens is 658 g/mol. The number of aromatic nitrogens is 4. The number of benzene rings is 4. The lowest BCUT2D eigenvalue weighted by Crippen LogP contribution is -2.28. The second-order valence-corrected chi connectivity index (χ2v) is 10.0. The average Bonchev–Trinajstić information content (AvgIpc) is 3.00. The van der Waals surface area contributed by atoms with Crippen molar-refractivity contribution in [1.29, 1.82) is 0 Å². The number of nitrogens with one attached hydrogen (secondary N) is 1. The van der Waals surface area contributed by atoms with Crippen molar-refractivity contribution in [1.82, 2.24) is 19.6 Å². The van der Waals surface area contributed by atoms with E-state index in [-0.39, 0.29) is 22.1 Å². The Morgan fingerprint density at radius 2 is 1.07 bits per heavy atom. The Kier molecular flexibility index (Phi) is 8.04. The highest BCUT2D eigenvalue weighted by atomic mass is 79.9. The van der Waals surface area contributed by atoms with Gasteiger partial charge < -0.3 is 0 Å². The molecule has 0 bridgehead atoms. The minimum Gasteiger partial charge on any atom is -0.267 e. The molecular formula is C30H17BrF6N4O3. The average molecular weight is 675 g/mol. The first-order valence-corrected chi connectivity index (χ1v) is 13.3. The van der Waals surface area contributed by atoms with Crippen LogP contribution in [0.1, 0.15) is 11.1 Å². The summed E-state index contributed by atoms with van der Waals surface area (Å²) >= 11 is 3.24. The lowest BCUT2D eigenvalue weighted by atomic mass is 10.2. The van der Waals surface area contributed by atoms with Crippen LogP contribution < -0.4 is 16.7 Å². The Balaban J connectivity index is 0.000000175. The van der Waals surface area contributed by atoms with Gasteiger partial charge in [-0.15, -0.1) is 0 Å². The summed E-state index contributed by atoms with van der Waals surface area (Å²) in [6, 6.07) is 21.6. The highest BCUT2D eigenvalue weighted by molar-refractivity contribution is 9.10. The molecule has 0 aliphatic carbocycles. The van der Waals surface area contributed by atoms with Crippen LogP contribution in [0.3, 0.4) is 0 Å². The van der Waals surface area contributed by atoms with E-state index in [1.807, 2.05) is 0 Å². The van der Waals surface area contributed by atoms with Gasteiger partial charge in [-0.2, -0.15) is 36.1 Å². The Hall–Kier alpha value is -4.98. The maximum Gasteiger partial charge on any atom is 0.416 e. The number of fused-ring (bicyclic) bond motifs is 2. The van der Waals surface area contributed by atoms with Gasteiger partial charge in [-0.3, -0.25) is 19.5 Å². The van der Waals surface area contributed by atoms with E-state index in [1.54, 1.807) is 36.4 Å². The molecule has 0 spiro atoms. The van der Waals surface area contributed by atoms with Crippen molar-refractivity contribution in [2.45, 2.75) is 12.4 Å². The molecule has 6 rings (SSSR count). The molecule has 2 aromatic heterocycles. The number of aromatic amines is 1. The topological polar surface area (TPSA) is 89.8 Å². The molecule has 0 saturated heterocycles. The van der Waals surface area contributed by atoms with E-state index in [9.17, 15) is 40.7 Å². The van der Waals surface area contributed by atoms with Gasteiger partial charge in [0, 0.05) is 5.39 Å². The normalized spacial score (nSPS) is 11.8. The molecule has 14 heteroatoms. The zero-order chi connectivity index (χ0) is 31.8. The molecule has 0 atom stereocenters. The van der Waals surface area contributed by atoms with Crippen molar-refractivity contribution in [2.24, 2.45) is 0 Å².